The quantitative estimate of drug-likeness (QED) is 0.790. The number of imidazole rings is 1. The van der Waals surface area contributed by atoms with E-state index in [-0.39, 0.29) is 11.9 Å². The molecule has 18 heavy (non-hydrogen) atoms. The summed E-state index contributed by atoms with van der Waals surface area (Å²) >= 11 is 0. The number of nitrogens with zero attached hydrogens (tertiary/aromatic N) is 3. The Kier molecular flexibility index (Phi) is 5.85. The summed E-state index contributed by atoms with van der Waals surface area (Å²) in [6.45, 7) is 5.61. The zero-order valence-electron chi connectivity index (χ0n) is 11.5. The summed E-state index contributed by atoms with van der Waals surface area (Å²) in [4.78, 5) is 17.6. The van der Waals surface area contributed by atoms with Crippen molar-refractivity contribution in [2.24, 2.45) is 11.7 Å². The molecule has 1 amide bonds. The Hall–Kier alpha value is -1.36. The molecule has 1 aromatic rings. The van der Waals surface area contributed by atoms with Gasteiger partial charge in [-0.05, 0) is 12.3 Å². The van der Waals surface area contributed by atoms with Gasteiger partial charge in [-0.1, -0.05) is 13.8 Å². The number of rotatable bonds is 7. The van der Waals surface area contributed by atoms with E-state index in [1.54, 1.807) is 17.4 Å². The zero-order valence-corrected chi connectivity index (χ0v) is 11.5. The second-order valence-corrected chi connectivity index (χ2v) is 5.06. The average molecular weight is 252 g/mol. The molecule has 5 nitrogen and oxygen atoms in total. The third-order valence-electron chi connectivity index (χ3n) is 3.22. The summed E-state index contributed by atoms with van der Waals surface area (Å²) in [7, 11) is 1.84. The second kappa shape index (κ2) is 7.16. The van der Waals surface area contributed by atoms with Crippen molar-refractivity contribution in [2.75, 3.05) is 13.6 Å². The van der Waals surface area contributed by atoms with Crippen LogP contribution in [0.2, 0.25) is 0 Å². The normalized spacial score (nSPS) is 12.7. The lowest BCUT2D eigenvalue weighted by Crippen LogP contribution is -2.34. The minimum atomic E-state index is 0.152. The highest BCUT2D eigenvalue weighted by molar-refractivity contribution is 5.75. The minimum Gasteiger partial charge on any atom is -0.346 e. The molecule has 1 aromatic heterocycles. The van der Waals surface area contributed by atoms with Gasteiger partial charge in [-0.25, -0.2) is 4.98 Å². The SMILES string of the molecule is CC(C)C(N)CCN(C)C(=O)CCn1ccnc1. The lowest BCUT2D eigenvalue weighted by atomic mass is 10.0. The first-order valence-electron chi connectivity index (χ1n) is 6.46. The summed E-state index contributed by atoms with van der Waals surface area (Å²) in [5.74, 6) is 0.610. The molecule has 0 fully saturated rings. The van der Waals surface area contributed by atoms with Gasteiger partial charge in [0.25, 0.3) is 0 Å². The number of amides is 1. The highest BCUT2D eigenvalue weighted by atomic mass is 16.2. The fourth-order valence-electron chi connectivity index (χ4n) is 1.64. The number of aryl methyl sites for hydroxylation is 1. The van der Waals surface area contributed by atoms with E-state index in [4.69, 9.17) is 5.73 Å². The molecule has 0 bridgehead atoms. The number of carbonyl (C=O) groups is 1. The zero-order chi connectivity index (χ0) is 13.5. The third-order valence-corrected chi connectivity index (χ3v) is 3.22. The standard InChI is InChI=1S/C13H24N4O/c1-11(2)12(14)4-7-16(3)13(18)5-8-17-9-6-15-10-17/h6,9-12H,4-5,7-8,14H2,1-3H3. The number of carbonyl (C=O) groups excluding carboxylic acids is 1. The smallest absolute Gasteiger partial charge is 0.224 e. The van der Waals surface area contributed by atoms with Crippen LogP contribution in [0.15, 0.2) is 18.7 Å². The van der Waals surface area contributed by atoms with Gasteiger partial charge in [-0.2, -0.15) is 0 Å². The Morgan fingerprint density at radius 1 is 1.50 bits per heavy atom. The topological polar surface area (TPSA) is 64.2 Å². The van der Waals surface area contributed by atoms with Gasteiger partial charge < -0.3 is 15.2 Å². The van der Waals surface area contributed by atoms with Crippen molar-refractivity contribution < 1.29 is 4.79 Å². The highest BCUT2D eigenvalue weighted by Gasteiger charge is 2.12. The van der Waals surface area contributed by atoms with Crippen LogP contribution in [-0.4, -0.2) is 40.0 Å². The van der Waals surface area contributed by atoms with E-state index in [2.05, 4.69) is 18.8 Å². The van der Waals surface area contributed by atoms with Crippen LogP contribution in [0.4, 0.5) is 0 Å². The van der Waals surface area contributed by atoms with Gasteiger partial charge in [-0.3, -0.25) is 4.79 Å². The summed E-state index contributed by atoms with van der Waals surface area (Å²) in [5, 5.41) is 0. The molecular formula is C13H24N4O. The molecular weight excluding hydrogens is 228 g/mol. The van der Waals surface area contributed by atoms with Crippen molar-refractivity contribution in [2.45, 2.75) is 39.3 Å². The maximum absolute atomic E-state index is 11.9. The molecule has 0 aliphatic carbocycles. The van der Waals surface area contributed by atoms with E-state index in [0.717, 1.165) is 13.0 Å². The first-order valence-corrected chi connectivity index (χ1v) is 6.46. The molecule has 102 valence electrons. The van der Waals surface area contributed by atoms with Crippen LogP contribution in [0.3, 0.4) is 0 Å². The largest absolute Gasteiger partial charge is 0.346 e. The van der Waals surface area contributed by atoms with Crippen LogP contribution in [0.5, 0.6) is 0 Å². The molecule has 1 rings (SSSR count). The molecule has 0 aliphatic rings. The van der Waals surface area contributed by atoms with Gasteiger partial charge in [0, 0.05) is 45.0 Å². The van der Waals surface area contributed by atoms with Crippen LogP contribution in [0.25, 0.3) is 0 Å². The number of aromatic nitrogens is 2. The van der Waals surface area contributed by atoms with Crippen molar-refractivity contribution in [1.82, 2.24) is 14.5 Å². The number of nitrogens with two attached hydrogens (primary N) is 1. The first kappa shape index (κ1) is 14.7. The van der Waals surface area contributed by atoms with Crippen molar-refractivity contribution in [3.8, 4) is 0 Å². The highest BCUT2D eigenvalue weighted by Crippen LogP contribution is 2.04. The molecule has 1 atom stereocenters. The van der Waals surface area contributed by atoms with E-state index in [0.29, 0.717) is 18.9 Å². The Morgan fingerprint density at radius 3 is 2.78 bits per heavy atom. The van der Waals surface area contributed by atoms with E-state index in [1.807, 2.05) is 17.8 Å². The summed E-state index contributed by atoms with van der Waals surface area (Å²) in [5.41, 5.74) is 5.97. The summed E-state index contributed by atoms with van der Waals surface area (Å²) < 4.78 is 1.91. The average Bonchev–Trinajstić information content (AvgIpc) is 2.85. The van der Waals surface area contributed by atoms with Crippen LogP contribution in [0, 0.1) is 5.92 Å². The van der Waals surface area contributed by atoms with Gasteiger partial charge in [0.05, 0.1) is 6.33 Å². The van der Waals surface area contributed by atoms with E-state index < -0.39 is 0 Å². The van der Waals surface area contributed by atoms with Crippen molar-refractivity contribution >= 4 is 5.91 Å². The Balaban J connectivity index is 2.24. The molecule has 0 radical (unpaired) electrons. The van der Waals surface area contributed by atoms with Gasteiger partial charge in [0.2, 0.25) is 5.91 Å². The maximum atomic E-state index is 11.9. The molecule has 0 aromatic carbocycles. The number of hydrogen-bond donors (Lipinski definition) is 1. The second-order valence-electron chi connectivity index (χ2n) is 5.06. The Labute approximate surface area is 109 Å². The molecule has 0 saturated carbocycles. The fraction of sp³-hybridized carbons (Fsp3) is 0.692. The monoisotopic (exact) mass is 252 g/mol. The van der Waals surface area contributed by atoms with Gasteiger partial charge in [-0.15, -0.1) is 0 Å². The minimum absolute atomic E-state index is 0.152. The van der Waals surface area contributed by atoms with Crippen molar-refractivity contribution in [1.29, 1.82) is 0 Å². The lowest BCUT2D eigenvalue weighted by Gasteiger charge is -2.21. The van der Waals surface area contributed by atoms with E-state index in [1.165, 1.54) is 0 Å². The lowest BCUT2D eigenvalue weighted by molar-refractivity contribution is -0.130. The number of hydrogen-bond acceptors (Lipinski definition) is 3. The fourth-order valence-corrected chi connectivity index (χ4v) is 1.64. The first-order chi connectivity index (χ1) is 8.50. The molecule has 1 heterocycles. The molecule has 1 unspecified atom stereocenters. The maximum Gasteiger partial charge on any atom is 0.224 e. The molecule has 0 aliphatic heterocycles. The molecule has 0 saturated heterocycles. The third kappa shape index (κ3) is 4.87. The van der Waals surface area contributed by atoms with E-state index in [9.17, 15) is 4.79 Å². The predicted octanol–water partition coefficient (Wildman–Crippen LogP) is 1.10. The van der Waals surface area contributed by atoms with Crippen LogP contribution < -0.4 is 5.73 Å². The van der Waals surface area contributed by atoms with Gasteiger partial charge >= 0.3 is 0 Å². The Morgan fingerprint density at radius 2 is 2.22 bits per heavy atom. The van der Waals surface area contributed by atoms with Crippen LogP contribution in [-0.2, 0) is 11.3 Å². The molecule has 5 heteroatoms. The molecule has 0 spiro atoms. The van der Waals surface area contributed by atoms with Crippen LogP contribution in [0.1, 0.15) is 26.7 Å². The summed E-state index contributed by atoms with van der Waals surface area (Å²) in [6, 6.07) is 0.161. The summed E-state index contributed by atoms with van der Waals surface area (Å²) in [6.07, 6.45) is 6.66. The van der Waals surface area contributed by atoms with Gasteiger partial charge in [0.1, 0.15) is 0 Å². The Bertz CT molecular complexity index is 348. The van der Waals surface area contributed by atoms with Crippen molar-refractivity contribution in [3.05, 3.63) is 18.7 Å². The van der Waals surface area contributed by atoms with E-state index >= 15 is 0 Å². The molecule has 2 N–H and O–H groups in total. The van der Waals surface area contributed by atoms with Gasteiger partial charge in [0.15, 0.2) is 0 Å². The predicted molar refractivity (Wildman–Crippen MR) is 71.9 cm³/mol. The van der Waals surface area contributed by atoms with Crippen molar-refractivity contribution in [3.63, 3.8) is 0 Å². The van der Waals surface area contributed by atoms with Crippen LogP contribution >= 0.6 is 0 Å².